The molecule has 2 aromatic rings. The highest BCUT2D eigenvalue weighted by atomic mass is 16.5. The molecule has 1 aliphatic rings. The Balaban J connectivity index is 1.51. The van der Waals surface area contributed by atoms with Crippen molar-refractivity contribution >= 4 is 16.9 Å². The van der Waals surface area contributed by atoms with E-state index in [4.69, 9.17) is 4.74 Å². The van der Waals surface area contributed by atoms with Gasteiger partial charge in [0.25, 0.3) is 0 Å². The van der Waals surface area contributed by atoms with E-state index in [-0.39, 0.29) is 5.91 Å². The molecule has 0 bridgehead atoms. The molecule has 0 aliphatic carbocycles. The van der Waals surface area contributed by atoms with Crippen LogP contribution in [0, 0.1) is 0 Å². The van der Waals surface area contributed by atoms with E-state index in [1.54, 1.807) is 6.33 Å². The Morgan fingerprint density at radius 3 is 3.10 bits per heavy atom. The van der Waals surface area contributed by atoms with Gasteiger partial charge in [-0.05, 0) is 17.7 Å². The third kappa shape index (κ3) is 3.15. The van der Waals surface area contributed by atoms with Crippen LogP contribution in [0.2, 0.25) is 0 Å². The number of nitrogens with zero attached hydrogens (tertiary/aromatic N) is 2. The molecule has 1 saturated heterocycles. The molecule has 3 rings (SSSR count). The first-order valence-electron chi connectivity index (χ1n) is 6.80. The van der Waals surface area contributed by atoms with Gasteiger partial charge in [0.2, 0.25) is 5.91 Å². The first-order chi connectivity index (χ1) is 9.81. The van der Waals surface area contributed by atoms with E-state index in [2.05, 4.69) is 20.2 Å². The summed E-state index contributed by atoms with van der Waals surface area (Å²) in [4.78, 5) is 21.2. The fourth-order valence-electron chi connectivity index (χ4n) is 2.31. The second-order valence-electron chi connectivity index (χ2n) is 4.92. The third-order valence-electron chi connectivity index (χ3n) is 3.45. The Morgan fingerprint density at radius 1 is 1.40 bits per heavy atom. The largest absolute Gasteiger partial charge is 0.379 e. The highest BCUT2D eigenvalue weighted by molar-refractivity contribution is 5.78. The van der Waals surface area contributed by atoms with Gasteiger partial charge >= 0.3 is 0 Å². The molecule has 1 amide bonds. The molecule has 1 aromatic carbocycles. The summed E-state index contributed by atoms with van der Waals surface area (Å²) in [6.45, 7) is 4.06. The van der Waals surface area contributed by atoms with E-state index in [1.807, 2.05) is 18.2 Å². The number of fused-ring (bicyclic) bond motifs is 1. The molecule has 0 unspecified atom stereocenters. The lowest BCUT2D eigenvalue weighted by Gasteiger charge is -2.25. The first kappa shape index (κ1) is 13.1. The van der Waals surface area contributed by atoms with Crippen LogP contribution < -0.4 is 5.32 Å². The number of hydrogen-bond donors (Lipinski definition) is 2. The summed E-state index contributed by atoms with van der Waals surface area (Å²) < 4.78 is 5.26. The molecule has 1 fully saturated rings. The van der Waals surface area contributed by atoms with Crippen molar-refractivity contribution in [2.24, 2.45) is 0 Å². The highest BCUT2D eigenvalue weighted by Gasteiger charge is 2.13. The number of carbonyl (C=O) groups excluding carboxylic acids is 1. The van der Waals surface area contributed by atoms with Crippen LogP contribution in [0.25, 0.3) is 11.0 Å². The van der Waals surface area contributed by atoms with E-state index in [0.29, 0.717) is 26.3 Å². The fourth-order valence-corrected chi connectivity index (χ4v) is 2.31. The molecule has 2 heterocycles. The Kier molecular flexibility index (Phi) is 3.94. The first-order valence-corrected chi connectivity index (χ1v) is 6.80. The summed E-state index contributed by atoms with van der Waals surface area (Å²) in [5, 5.41) is 2.95. The lowest BCUT2D eigenvalue weighted by molar-refractivity contribution is -0.123. The van der Waals surface area contributed by atoms with Gasteiger partial charge in [-0.2, -0.15) is 0 Å². The molecular weight excluding hydrogens is 256 g/mol. The molecule has 106 valence electrons. The van der Waals surface area contributed by atoms with E-state index in [9.17, 15) is 4.79 Å². The van der Waals surface area contributed by atoms with Gasteiger partial charge in [-0.15, -0.1) is 0 Å². The number of carbonyl (C=O) groups is 1. The minimum atomic E-state index is 0.0524. The summed E-state index contributed by atoms with van der Waals surface area (Å²) in [6, 6.07) is 5.95. The molecule has 0 spiro atoms. The maximum absolute atomic E-state index is 11.9. The van der Waals surface area contributed by atoms with E-state index >= 15 is 0 Å². The van der Waals surface area contributed by atoms with Gasteiger partial charge in [-0.1, -0.05) is 6.07 Å². The molecule has 20 heavy (non-hydrogen) atoms. The average molecular weight is 274 g/mol. The lowest BCUT2D eigenvalue weighted by atomic mass is 10.2. The zero-order valence-corrected chi connectivity index (χ0v) is 11.3. The summed E-state index contributed by atoms with van der Waals surface area (Å²) in [5.41, 5.74) is 3.00. The number of hydrogen-bond acceptors (Lipinski definition) is 4. The average Bonchev–Trinajstić information content (AvgIpc) is 2.93. The van der Waals surface area contributed by atoms with Crippen molar-refractivity contribution < 1.29 is 9.53 Å². The third-order valence-corrected chi connectivity index (χ3v) is 3.45. The molecule has 1 aromatic heterocycles. The SMILES string of the molecule is O=C(CN1CCOCC1)NCc1ccc2nc[nH]c2c1. The second kappa shape index (κ2) is 6.02. The smallest absolute Gasteiger partial charge is 0.234 e. The topological polar surface area (TPSA) is 70.2 Å². The number of nitrogens with one attached hydrogen (secondary N) is 2. The number of morpholine rings is 1. The minimum Gasteiger partial charge on any atom is -0.379 e. The van der Waals surface area contributed by atoms with Gasteiger partial charge in [-0.3, -0.25) is 9.69 Å². The zero-order valence-electron chi connectivity index (χ0n) is 11.3. The summed E-state index contributed by atoms with van der Waals surface area (Å²) in [5.74, 6) is 0.0524. The zero-order chi connectivity index (χ0) is 13.8. The van der Waals surface area contributed by atoms with Crippen molar-refractivity contribution in [3.63, 3.8) is 0 Å². The Labute approximate surface area is 117 Å². The molecule has 6 heteroatoms. The van der Waals surface area contributed by atoms with Crippen LogP contribution in [0.4, 0.5) is 0 Å². The number of H-pyrrole nitrogens is 1. The normalized spacial score (nSPS) is 16.4. The quantitative estimate of drug-likeness (QED) is 0.852. The second-order valence-corrected chi connectivity index (χ2v) is 4.92. The van der Waals surface area contributed by atoms with Crippen molar-refractivity contribution in [3.8, 4) is 0 Å². The molecular formula is C14H18N4O2. The van der Waals surface area contributed by atoms with Crippen LogP contribution in [0.1, 0.15) is 5.56 Å². The molecule has 1 aliphatic heterocycles. The van der Waals surface area contributed by atoms with Crippen LogP contribution in [0.5, 0.6) is 0 Å². The monoisotopic (exact) mass is 274 g/mol. The van der Waals surface area contributed by atoms with E-state index in [0.717, 1.165) is 29.7 Å². The van der Waals surface area contributed by atoms with Crippen molar-refractivity contribution in [3.05, 3.63) is 30.1 Å². The highest BCUT2D eigenvalue weighted by Crippen LogP contribution is 2.11. The van der Waals surface area contributed by atoms with E-state index in [1.165, 1.54) is 0 Å². The van der Waals surface area contributed by atoms with Gasteiger partial charge in [0.05, 0.1) is 37.1 Å². The molecule has 0 atom stereocenters. The molecule has 6 nitrogen and oxygen atoms in total. The number of aromatic nitrogens is 2. The predicted octanol–water partition coefficient (Wildman–Crippen LogP) is 0.511. The molecule has 0 saturated carbocycles. The maximum Gasteiger partial charge on any atom is 0.234 e. The van der Waals surface area contributed by atoms with Crippen molar-refractivity contribution in [2.75, 3.05) is 32.8 Å². The summed E-state index contributed by atoms with van der Waals surface area (Å²) in [6.07, 6.45) is 1.67. The number of imidazole rings is 1. The molecule has 0 radical (unpaired) electrons. The maximum atomic E-state index is 11.9. The Hall–Kier alpha value is -1.92. The van der Waals surface area contributed by atoms with Gasteiger partial charge in [0, 0.05) is 19.6 Å². The lowest BCUT2D eigenvalue weighted by Crippen LogP contribution is -2.43. The van der Waals surface area contributed by atoms with Crippen LogP contribution >= 0.6 is 0 Å². The van der Waals surface area contributed by atoms with Crippen LogP contribution in [0.3, 0.4) is 0 Å². The minimum absolute atomic E-state index is 0.0524. The van der Waals surface area contributed by atoms with Gasteiger partial charge in [-0.25, -0.2) is 4.98 Å². The van der Waals surface area contributed by atoms with Crippen LogP contribution in [0.15, 0.2) is 24.5 Å². The molecule has 2 N–H and O–H groups in total. The standard InChI is InChI=1S/C14H18N4O2/c19-14(9-18-3-5-20-6-4-18)15-8-11-1-2-12-13(7-11)17-10-16-12/h1-2,7,10H,3-6,8-9H2,(H,15,19)(H,16,17). The van der Waals surface area contributed by atoms with Gasteiger partial charge < -0.3 is 15.0 Å². The number of rotatable bonds is 4. The Morgan fingerprint density at radius 2 is 2.25 bits per heavy atom. The summed E-state index contributed by atoms with van der Waals surface area (Å²) in [7, 11) is 0. The van der Waals surface area contributed by atoms with E-state index < -0.39 is 0 Å². The van der Waals surface area contributed by atoms with Crippen LogP contribution in [-0.4, -0.2) is 53.6 Å². The predicted molar refractivity (Wildman–Crippen MR) is 75.2 cm³/mol. The van der Waals surface area contributed by atoms with Gasteiger partial charge in [0.1, 0.15) is 0 Å². The number of ether oxygens (including phenoxy) is 1. The van der Waals surface area contributed by atoms with Crippen LogP contribution in [-0.2, 0) is 16.1 Å². The number of amides is 1. The fraction of sp³-hybridized carbons (Fsp3) is 0.429. The number of aromatic amines is 1. The van der Waals surface area contributed by atoms with Crippen molar-refractivity contribution in [1.82, 2.24) is 20.2 Å². The summed E-state index contributed by atoms with van der Waals surface area (Å²) >= 11 is 0. The van der Waals surface area contributed by atoms with Gasteiger partial charge in [0.15, 0.2) is 0 Å². The van der Waals surface area contributed by atoms with Crippen molar-refractivity contribution in [2.45, 2.75) is 6.54 Å². The Bertz CT molecular complexity index is 590. The van der Waals surface area contributed by atoms with Crippen molar-refractivity contribution in [1.29, 1.82) is 0 Å². The number of benzene rings is 1.